The number of aromatic amines is 1. The SMILES string of the molecule is Cc1cnoc1SNc1ccc(C)c2c(C#N)c[nH]c12. The Labute approximate surface area is 120 Å². The number of hydrogen-bond donors (Lipinski definition) is 2. The average Bonchev–Trinajstić information content (AvgIpc) is 3.05. The van der Waals surface area contributed by atoms with Gasteiger partial charge in [0.05, 0.1) is 23.0 Å². The second-order valence-corrected chi connectivity index (χ2v) is 5.27. The number of aromatic nitrogens is 2. The first kappa shape index (κ1) is 12.6. The van der Waals surface area contributed by atoms with Crippen LogP contribution in [0.4, 0.5) is 5.69 Å². The summed E-state index contributed by atoms with van der Waals surface area (Å²) in [5.74, 6) is 0. The van der Waals surface area contributed by atoms with Gasteiger partial charge in [-0.25, -0.2) is 0 Å². The molecule has 0 unspecified atom stereocenters. The number of nitrogens with one attached hydrogen (secondary N) is 2. The Morgan fingerprint density at radius 2 is 2.20 bits per heavy atom. The smallest absolute Gasteiger partial charge is 0.216 e. The highest BCUT2D eigenvalue weighted by atomic mass is 32.2. The molecule has 0 atom stereocenters. The van der Waals surface area contributed by atoms with E-state index in [4.69, 9.17) is 9.78 Å². The normalized spacial score (nSPS) is 10.7. The third-order valence-electron chi connectivity index (χ3n) is 3.12. The van der Waals surface area contributed by atoms with Gasteiger partial charge >= 0.3 is 0 Å². The van der Waals surface area contributed by atoms with Gasteiger partial charge in [0.25, 0.3) is 0 Å². The van der Waals surface area contributed by atoms with E-state index in [-0.39, 0.29) is 0 Å². The first-order chi connectivity index (χ1) is 9.70. The number of fused-ring (bicyclic) bond motifs is 1. The average molecular weight is 284 g/mol. The fourth-order valence-corrected chi connectivity index (χ4v) is 2.74. The molecule has 100 valence electrons. The molecule has 6 heteroatoms. The van der Waals surface area contributed by atoms with Crippen molar-refractivity contribution in [2.75, 3.05) is 4.72 Å². The summed E-state index contributed by atoms with van der Waals surface area (Å²) in [6.07, 6.45) is 3.41. The molecule has 0 aliphatic heterocycles. The summed E-state index contributed by atoms with van der Waals surface area (Å²) in [4.78, 5) is 3.15. The largest absolute Gasteiger partial charge is 0.358 e. The zero-order chi connectivity index (χ0) is 14.1. The third kappa shape index (κ3) is 2.02. The van der Waals surface area contributed by atoms with Crippen molar-refractivity contribution in [3.05, 3.63) is 41.2 Å². The molecule has 0 fully saturated rings. The molecule has 0 saturated heterocycles. The van der Waals surface area contributed by atoms with Gasteiger partial charge in [-0.3, -0.25) is 0 Å². The fraction of sp³-hybridized carbons (Fsp3) is 0.143. The second-order valence-electron chi connectivity index (χ2n) is 4.49. The number of rotatable bonds is 3. The summed E-state index contributed by atoms with van der Waals surface area (Å²) in [6.45, 7) is 3.93. The van der Waals surface area contributed by atoms with Crippen molar-refractivity contribution in [1.82, 2.24) is 10.1 Å². The fourth-order valence-electron chi connectivity index (χ4n) is 2.07. The molecule has 0 aliphatic rings. The van der Waals surface area contributed by atoms with Crippen molar-refractivity contribution in [3.63, 3.8) is 0 Å². The molecule has 1 aromatic carbocycles. The van der Waals surface area contributed by atoms with Crippen LogP contribution in [0.2, 0.25) is 0 Å². The lowest BCUT2D eigenvalue weighted by Gasteiger charge is -2.07. The molecule has 20 heavy (non-hydrogen) atoms. The van der Waals surface area contributed by atoms with Crippen LogP contribution in [0, 0.1) is 25.2 Å². The standard InChI is InChI=1S/C14H12N4OS/c1-8-3-4-11(13-12(8)10(5-15)7-16-13)18-20-14-9(2)6-17-19-14/h3-4,6-7,16,18H,1-2H3. The zero-order valence-electron chi connectivity index (χ0n) is 11.0. The lowest BCUT2D eigenvalue weighted by Crippen LogP contribution is -1.89. The van der Waals surface area contributed by atoms with Crippen LogP contribution in [0.15, 0.2) is 34.1 Å². The van der Waals surface area contributed by atoms with E-state index in [1.54, 1.807) is 12.4 Å². The second kappa shape index (κ2) is 4.94. The molecule has 2 aromatic heterocycles. The molecule has 3 rings (SSSR count). The molecule has 0 saturated carbocycles. The molecule has 0 radical (unpaired) electrons. The quantitative estimate of drug-likeness (QED) is 0.716. The van der Waals surface area contributed by atoms with E-state index in [2.05, 4.69) is 20.9 Å². The van der Waals surface area contributed by atoms with Crippen LogP contribution >= 0.6 is 11.9 Å². The van der Waals surface area contributed by atoms with Crippen LogP contribution < -0.4 is 4.72 Å². The number of anilines is 1. The Hall–Kier alpha value is -2.39. The Morgan fingerprint density at radius 3 is 2.90 bits per heavy atom. The highest BCUT2D eigenvalue weighted by Crippen LogP contribution is 2.31. The summed E-state index contributed by atoms with van der Waals surface area (Å²) in [5.41, 5.74) is 4.54. The zero-order valence-corrected chi connectivity index (χ0v) is 11.8. The molecule has 5 nitrogen and oxygen atoms in total. The van der Waals surface area contributed by atoms with Gasteiger partial charge in [-0.05, 0) is 25.5 Å². The van der Waals surface area contributed by atoms with Crippen molar-refractivity contribution in [2.45, 2.75) is 18.9 Å². The minimum Gasteiger partial charge on any atom is -0.358 e. The predicted octanol–water partition coefficient (Wildman–Crippen LogP) is 3.76. The summed E-state index contributed by atoms with van der Waals surface area (Å²) < 4.78 is 8.37. The van der Waals surface area contributed by atoms with Gasteiger partial charge in [-0.1, -0.05) is 11.2 Å². The van der Waals surface area contributed by atoms with Crippen LogP contribution in [-0.4, -0.2) is 10.1 Å². The highest BCUT2D eigenvalue weighted by Gasteiger charge is 2.11. The van der Waals surface area contributed by atoms with Crippen molar-refractivity contribution in [1.29, 1.82) is 5.26 Å². The maximum absolute atomic E-state index is 9.14. The lowest BCUT2D eigenvalue weighted by atomic mass is 10.1. The van der Waals surface area contributed by atoms with Crippen molar-refractivity contribution < 1.29 is 4.52 Å². The molecule has 0 spiro atoms. The van der Waals surface area contributed by atoms with E-state index in [9.17, 15) is 0 Å². The number of benzene rings is 1. The van der Waals surface area contributed by atoms with E-state index < -0.39 is 0 Å². The van der Waals surface area contributed by atoms with Gasteiger partial charge in [-0.2, -0.15) is 5.26 Å². The molecule has 0 aliphatic carbocycles. The number of nitriles is 1. The van der Waals surface area contributed by atoms with Crippen LogP contribution in [-0.2, 0) is 0 Å². The van der Waals surface area contributed by atoms with Gasteiger partial charge in [0.15, 0.2) is 0 Å². The van der Waals surface area contributed by atoms with Crippen molar-refractivity contribution in [3.8, 4) is 6.07 Å². The third-order valence-corrected chi connectivity index (χ3v) is 4.03. The van der Waals surface area contributed by atoms with Crippen LogP contribution in [0.25, 0.3) is 10.9 Å². The van der Waals surface area contributed by atoms with Crippen molar-refractivity contribution in [2.24, 2.45) is 0 Å². The molecule has 0 amide bonds. The van der Waals surface area contributed by atoms with Gasteiger partial charge in [0.1, 0.15) is 6.07 Å². The first-order valence-electron chi connectivity index (χ1n) is 6.05. The number of H-pyrrole nitrogens is 1. The summed E-state index contributed by atoms with van der Waals surface area (Å²) in [5, 5.41) is 14.6. The van der Waals surface area contributed by atoms with Gasteiger partial charge in [-0.15, -0.1) is 0 Å². The minimum atomic E-state index is 0.655. The first-order valence-corrected chi connectivity index (χ1v) is 6.87. The van der Waals surface area contributed by atoms with E-state index in [1.807, 2.05) is 26.0 Å². The maximum Gasteiger partial charge on any atom is 0.216 e. The highest BCUT2D eigenvalue weighted by molar-refractivity contribution is 8.00. The number of hydrogen-bond acceptors (Lipinski definition) is 5. The van der Waals surface area contributed by atoms with E-state index in [0.717, 1.165) is 32.8 Å². The topological polar surface area (TPSA) is 77.6 Å². The number of nitrogens with zero attached hydrogens (tertiary/aromatic N) is 2. The van der Waals surface area contributed by atoms with Crippen molar-refractivity contribution >= 4 is 28.5 Å². The molecular weight excluding hydrogens is 272 g/mol. The Kier molecular flexibility index (Phi) is 3.12. The number of aryl methyl sites for hydroxylation is 2. The summed E-state index contributed by atoms with van der Waals surface area (Å²) in [6, 6.07) is 6.18. The van der Waals surface area contributed by atoms with Gasteiger partial charge in [0, 0.05) is 29.1 Å². The summed E-state index contributed by atoms with van der Waals surface area (Å²) >= 11 is 1.36. The lowest BCUT2D eigenvalue weighted by molar-refractivity contribution is 0.348. The minimum absolute atomic E-state index is 0.655. The molecule has 2 heterocycles. The molecule has 2 N–H and O–H groups in total. The predicted molar refractivity (Wildman–Crippen MR) is 78.5 cm³/mol. The maximum atomic E-state index is 9.14. The summed E-state index contributed by atoms with van der Waals surface area (Å²) in [7, 11) is 0. The van der Waals surface area contributed by atoms with Crippen LogP contribution in [0.3, 0.4) is 0 Å². The molecule has 0 bridgehead atoms. The molecule has 3 aromatic rings. The monoisotopic (exact) mass is 284 g/mol. The van der Waals surface area contributed by atoms with E-state index in [1.165, 1.54) is 11.9 Å². The Balaban J connectivity index is 1.97. The van der Waals surface area contributed by atoms with E-state index in [0.29, 0.717) is 5.56 Å². The van der Waals surface area contributed by atoms with E-state index >= 15 is 0 Å². The molecular formula is C14H12N4OS. The Bertz CT molecular complexity index is 812. The van der Waals surface area contributed by atoms with Crippen LogP contribution in [0.5, 0.6) is 0 Å². The van der Waals surface area contributed by atoms with Crippen LogP contribution in [0.1, 0.15) is 16.7 Å². The van der Waals surface area contributed by atoms with Gasteiger partial charge in [0.2, 0.25) is 5.09 Å². The van der Waals surface area contributed by atoms with Gasteiger partial charge < -0.3 is 14.2 Å². The Morgan fingerprint density at radius 1 is 1.35 bits per heavy atom.